The fourth-order valence-electron chi connectivity index (χ4n) is 3.56. The standard InChI is InChI=1S/C19H29FN4O3S2/c1-15-13-23(14-18(27-15)16-3-5-17(20)6-4-16)19(21-2)22-7-12-29(25,26)24-8-10-28-11-9-24/h3-6,15,18H,7-14H2,1-2H3,(H,21,22). The quantitative estimate of drug-likeness (QED) is 0.549. The van der Waals surface area contributed by atoms with Gasteiger partial charge in [-0.2, -0.15) is 11.8 Å². The minimum atomic E-state index is -3.26. The summed E-state index contributed by atoms with van der Waals surface area (Å²) in [6.07, 6.45) is -0.237. The first-order chi connectivity index (χ1) is 13.9. The summed E-state index contributed by atoms with van der Waals surface area (Å²) in [5.74, 6) is 2.12. The Hall–Kier alpha value is -1.36. The SMILES string of the molecule is CN=C(NCCS(=O)(=O)N1CCSCC1)N1CC(C)OC(c2ccc(F)cc2)C1. The van der Waals surface area contributed by atoms with Gasteiger partial charge in [0, 0.05) is 44.7 Å². The summed E-state index contributed by atoms with van der Waals surface area (Å²) in [7, 11) is -1.58. The van der Waals surface area contributed by atoms with Crippen LogP contribution in [0.2, 0.25) is 0 Å². The molecule has 0 bridgehead atoms. The first-order valence-electron chi connectivity index (χ1n) is 9.81. The van der Waals surface area contributed by atoms with Crippen molar-refractivity contribution in [3.8, 4) is 0 Å². The maximum absolute atomic E-state index is 13.2. The number of nitrogens with one attached hydrogen (secondary N) is 1. The van der Waals surface area contributed by atoms with E-state index in [1.54, 1.807) is 35.2 Å². The van der Waals surface area contributed by atoms with Gasteiger partial charge in [-0.1, -0.05) is 12.1 Å². The molecule has 2 saturated heterocycles. The number of aliphatic imine (C=N–C) groups is 1. The Balaban J connectivity index is 1.58. The summed E-state index contributed by atoms with van der Waals surface area (Å²) < 4.78 is 45.9. The van der Waals surface area contributed by atoms with Crippen LogP contribution in [-0.4, -0.2) is 86.7 Å². The molecule has 1 aromatic carbocycles. The highest BCUT2D eigenvalue weighted by Crippen LogP contribution is 2.25. The average molecular weight is 445 g/mol. The summed E-state index contributed by atoms with van der Waals surface area (Å²) in [6.45, 7) is 4.66. The number of halogens is 1. The number of nitrogens with zero attached hydrogens (tertiary/aromatic N) is 3. The van der Waals surface area contributed by atoms with Crippen molar-refractivity contribution in [2.45, 2.75) is 19.1 Å². The van der Waals surface area contributed by atoms with Crippen LogP contribution in [0, 0.1) is 5.82 Å². The van der Waals surface area contributed by atoms with Gasteiger partial charge in [-0.05, 0) is 24.6 Å². The van der Waals surface area contributed by atoms with Crippen molar-refractivity contribution < 1.29 is 17.5 Å². The molecule has 1 N–H and O–H groups in total. The maximum Gasteiger partial charge on any atom is 0.215 e. The normalized spacial score (nSPS) is 24.5. The molecule has 0 aromatic heterocycles. The number of rotatable bonds is 5. The Labute approximate surface area is 176 Å². The van der Waals surface area contributed by atoms with Crippen molar-refractivity contribution in [2.24, 2.45) is 4.99 Å². The monoisotopic (exact) mass is 444 g/mol. The third-order valence-corrected chi connectivity index (χ3v) is 7.83. The molecule has 29 heavy (non-hydrogen) atoms. The fourth-order valence-corrected chi connectivity index (χ4v) is 6.06. The predicted molar refractivity (Wildman–Crippen MR) is 115 cm³/mol. The lowest BCUT2D eigenvalue weighted by Gasteiger charge is -2.38. The van der Waals surface area contributed by atoms with Gasteiger partial charge in [0.1, 0.15) is 11.9 Å². The molecule has 0 saturated carbocycles. The van der Waals surface area contributed by atoms with Crippen LogP contribution in [0.5, 0.6) is 0 Å². The second-order valence-electron chi connectivity index (χ2n) is 7.19. The number of benzene rings is 1. The molecule has 162 valence electrons. The molecule has 0 radical (unpaired) electrons. The van der Waals surface area contributed by atoms with Crippen LogP contribution in [-0.2, 0) is 14.8 Å². The van der Waals surface area contributed by atoms with Crippen LogP contribution in [0.15, 0.2) is 29.3 Å². The van der Waals surface area contributed by atoms with Crippen molar-refractivity contribution in [1.82, 2.24) is 14.5 Å². The van der Waals surface area contributed by atoms with Crippen molar-refractivity contribution in [1.29, 1.82) is 0 Å². The molecular weight excluding hydrogens is 415 g/mol. The van der Waals surface area contributed by atoms with Crippen LogP contribution < -0.4 is 5.32 Å². The summed E-state index contributed by atoms with van der Waals surface area (Å²) in [6, 6.07) is 6.32. The van der Waals surface area contributed by atoms with E-state index in [1.165, 1.54) is 12.1 Å². The van der Waals surface area contributed by atoms with E-state index in [2.05, 4.69) is 15.2 Å². The van der Waals surface area contributed by atoms with Crippen molar-refractivity contribution in [3.05, 3.63) is 35.6 Å². The molecule has 2 aliphatic rings. The van der Waals surface area contributed by atoms with Crippen LogP contribution in [0.1, 0.15) is 18.6 Å². The number of thioether (sulfide) groups is 1. The molecule has 2 aliphatic heterocycles. The van der Waals surface area contributed by atoms with Gasteiger partial charge in [0.2, 0.25) is 10.0 Å². The lowest BCUT2D eigenvalue weighted by Crippen LogP contribution is -2.51. The molecule has 0 amide bonds. The number of hydrogen-bond acceptors (Lipinski definition) is 5. The van der Waals surface area contributed by atoms with E-state index in [0.29, 0.717) is 38.7 Å². The topological polar surface area (TPSA) is 74.2 Å². The van der Waals surface area contributed by atoms with Crippen molar-refractivity contribution in [3.63, 3.8) is 0 Å². The van der Waals surface area contributed by atoms with E-state index >= 15 is 0 Å². The number of hydrogen-bond donors (Lipinski definition) is 1. The lowest BCUT2D eigenvalue weighted by atomic mass is 10.1. The van der Waals surface area contributed by atoms with Gasteiger partial charge >= 0.3 is 0 Å². The molecule has 0 aliphatic carbocycles. The lowest BCUT2D eigenvalue weighted by molar-refractivity contribution is -0.0604. The first kappa shape index (κ1) is 22.3. The van der Waals surface area contributed by atoms with E-state index in [-0.39, 0.29) is 23.8 Å². The zero-order chi connectivity index (χ0) is 20.9. The largest absolute Gasteiger partial charge is 0.367 e. The molecule has 2 atom stereocenters. The predicted octanol–water partition coefficient (Wildman–Crippen LogP) is 1.54. The molecule has 2 fully saturated rings. The minimum absolute atomic E-state index is 0.0352. The van der Waals surface area contributed by atoms with E-state index in [4.69, 9.17) is 4.74 Å². The van der Waals surface area contributed by atoms with Crippen LogP contribution >= 0.6 is 11.8 Å². The minimum Gasteiger partial charge on any atom is -0.367 e. The third kappa shape index (κ3) is 6.07. The Kier molecular flexibility index (Phi) is 7.78. The van der Waals surface area contributed by atoms with E-state index in [0.717, 1.165) is 17.1 Å². The molecule has 10 heteroatoms. The van der Waals surface area contributed by atoms with Crippen LogP contribution in [0.3, 0.4) is 0 Å². The van der Waals surface area contributed by atoms with Crippen molar-refractivity contribution in [2.75, 3.05) is 57.0 Å². The van der Waals surface area contributed by atoms with Gasteiger partial charge in [0.15, 0.2) is 5.96 Å². The smallest absolute Gasteiger partial charge is 0.215 e. The van der Waals surface area contributed by atoms with Crippen molar-refractivity contribution >= 4 is 27.7 Å². The first-order valence-corrected chi connectivity index (χ1v) is 12.6. The summed E-state index contributed by atoms with van der Waals surface area (Å²) in [5, 5.41) is 3.19. The second-order valence-corrected chi connectivity index (χ2v) is 10.5. The number of morpholine rings is 1. The molecule has 2 unspecified atom stereocenters. The summed E-state index contributed by atoms with van der Waals surface area (Å²) in [5.41, 5.74) is 0.906. The molecule has 2 heterocycles. The third-order valence-electron chi connectivity index (χ3n) is 5.02. The Morgan fingerprint density at radius 3 is 2.62 bits per heavy atom. The highest BCUT2D eigenvalue weighted by molar-refractivity contribution is 7.99. The summed E-state index contributed by atoms with van der Waals surface area (Å²) >= 11 is 1.79. The summed E-state index contributed by atoms with van der Waals surface area (Å²) in [4.78, 5) is 6.39. The number of sulfonamides is 1. The van der Waals surface area contributed by atoms with Gasteiger partial charge in [0.25, 0.3) is 0 Å². The molecule has 3 rings (SSSR count). The number of ether oxygens (including phenoxy) is 1. The van der Waals surface area contributed by atoms with Gasteiger partial charge in [-0.3, -0.25) is 4.99 Å². The van der Waals surface area contributed by atoms with E-state index in [1.807, 2.05) is 6.92 Å². The van der Waals surface area contributed by atoms with Gasteiger partial charge < -0.3 is 15.0 Å². The molecule has 0 spiro atoms. The highest BCUT2D eigenvalue weighted by Gasteiger charge is 2.29. The fraction of sp³-hybridized carbons (Fsp3) is 0.632. The Morgan fingerprint density at radius 2 is 1.97 bits per heavy atom. The van der Waals surface area contributed by atoms with E-state index < -0.39 is 10.0 Å². The zero-order valence-corrected chi connectivity index (χ0v) is 18.5. The Bertz CT molecular complexity index is 798. The van der Waals surface area contributed by atoms with Gasteiger partial charge in [-0.15, -0.1) is 0 Å². The maximum atomic E-state index is 13.2. The molecule has 7 nitrogen and oxygen atoms in total. The average Bonchev–Trinajstić information content (AvgIpc) is 2.72. The molecular formula is C19H29FN4O3S2. The second kappa shape index (κ2) is 10.1. The Morgan fingerprint density at radius 1 is 1.28 bits per heavy atom. The van der Waals surface area contributed by atoms with Gasteiger partial charge in [0.05, 0.1) is 18.4 Å². The van der Waals surface area contributed by atoms with Crippen LogP contribution in [0.25, 0.3) is 0 Å². The molecule has 1 aromatic rings. The van der Waals surface area contributed by atoms with E-state index in [9.17, 15) is 12.8 Å². The zero-order valence-electron chi connectivity index (χ0n) is 16.9. The highest BCUT2D eigenvalue weighted by atomic mass is 32.2. The number of guanidine groups is 1. The van der Waals surface area contributed by atoms with Crippen LogP contribution in [0.4, 0.5) is 4.39 Å². The van der Waals surface area contributed by atoms with Gasteiger partial charge in [-0.25, -0.2) is 17.1 Å².